The number of aliphatic hydroxyl groups excluding tert-OH is 1. The zero-order valence-electron chi connectivity index (χ0n) is 28.2. The molecular weight excluding hydrogens is 564 g/mol. The molecule has 0 unspecified atom stereocenters. The number of aryl methyl sites for hydroxylation is 3. The van der Waals surface area contributed by atoms with Crippen LogP contribution in [-0.4, -0.2) is 35.9 Å². The van der Waals surface area contributed by atoms with Crippen LogP contribution in [0.25, 0.3) is 11.0 Å². The Kier molecular flexibility index (Phi) is 11.7. The van der Waals surface area contributed by atoms with Gasteiger partial charge in [-0.15, -0.1) is 0 Å². The minimum Gasteiger partial charge on any atom is -0.461 e. The molecule has 1 N–H and O–H groups in total. The summed E-state index contributed by atoms with van der Waals surface area (Å²) < 4.78 is 17.5. The second-order valence-electron chi connectivity index (χ2n) is 14.2. The van der Waals surface area contributed by atoms with Gasteiger partial charge in [0.2, 0.25) is 0 Å². The molecule has 0 aliphatic carbocycles. The molecule has 6 nitrogen and oxygen atoms in total. The fourth-order valence-electron chi connectivity index (χ4n) is 6.34. The quantitative estimate of drug-likeness (QED) is 0.136. The fourth-order valence-corrected chi connectivity index (χ4v) is 6.34. The van der Waals surface area contributed by atoms with Crippen molar-refractivity contribution in [2.75, 3.05) is 13.2 Å². The van der Waals surface area contributed by atoms with Crippen molar-refractivity contribution in [1.82, 2.24) is 0 Å². The van der Waals surface area contributed by atoms with Gasteiger partial charge in [-0.2, -0.15) is 0 Å². The summed E-state index contributed by atoms with van der Waals surface area (Å²) in [5, 5.41) is 11.2. The van der Waals surface area contributed by atoms with E-state index in [1.165, 1.54) is 16.7 Å². The Hall–Kier alpha value is -3.38. The van der Waals surface area contributed by atoms with E-state index in [1.807, 2.05) is 32.1 Å². The van der Waals surface area contributed by atoms with Gasteiger partial charge in [0.05, 0.1) is 12.5 Å². The minimum absolute atomic E-state index is 0.186. The predicted molar refractivity (Wildman–Crippen MR) is 179 cm³/mol. The summed E-state index contributed by atoms with van der Waals surface area (Å²) in [6.45, 7) is 14.1. The summed E-state index contributed by atoms with van der Waals surface area (Å²) >= 11 is 0. The molecule has 1 aliphatic rings. The van der Waals surface area contributed by atoms with Gasteiger partial charge < -0.3 is 19.0 Å². The molecular formula is C39H52O6. The highest BCUT2D eigenvalue weighted by Gasteiger charge is 2.45. The summed E-state index contributed by atoms with van der Waals surface area (Å²) in [4.78, 5) is 25.9. The van der Waals surface area contributed by atoms with Gasteiger partial charge in [-0.05, 0) is 86.1 Å². The summed E-state index contributed by atoms with van der Waals surface area (Å²) in [5.74, 6) is 0.777. The van der Waals surface area contributed by atoms with Crippen molar-refractivity contribution in [1.29, 1.82) is 0 Å². The first-order chi connectivity index (χ1) is 21.4. The topological polar surface area (TPSA) is 86.0 Å². The van der Waals surface area contributed by atoms with Crippen molar-refractivity contribution in [3.8, 4) is 0 Å². The first kappa shape index (κ1) is 34.5. The van der Waals surface area contributed by atoms with Crippen LogP contribution in [0.5, 0.6) is 0 Å². The minimum atomic E-state index is -1.25. The van der Waals surface area contributed by atoms with Crippen LogP contribution in [0, 0.1) is 30.6 Å². The number of rotatable bonds is 15. The number of cyclic esters (lactones) is 1. The average molecular weight is 617 g/mol. The highest BCUT2D eigenvalue weighted by atomic mass is 16.6. The molecule has 0 saturated carbocycles. The van der Waals surface area contributed by atoms with Gasteiger partial charge >= 0.3 is 11.9 Å². The Bertz CT molecular complexity index is 1450. The Labute approximate surface area is 269 Å². The van der Waals surface area contributed by atoms with Gasteiger partial charge in [-0.25, -0.2) is 4.79 Å². The van der Waals surface area contributed by atoms with Crippen LogP contribution in [-0.2, 0) is 31.9 Å². The van der Waals surface area contributed by atoms with E-state index in [2.05, 4.69) is 71.0 Å². The van der Waals surface area contributed by atoms with E-state index < -0.39 is 30.1 Å². The van der Waals surface area contributed by atoms with Crippen LogP contribution in [0.15, 0.2) is 64.6 Å². The molecule has 45 heavy (non-hydrogen) atoms. The van der Waals surface area contributed by atoms with Gasteiger partial charge in [-0.1, -0.05) is 83.5 Å². The van der Waals surface area contributed by atoms with Gasteiger partial charge in [0.1, 0.15) is 18.0 Å². The molecule has 2 aromatic carbocycles. The van der Waals surface area contributed by atoms with Crippen LogP contribution in [0.2, 0.25) is 0 Å². The van der Waals surface area contributed by atoms with E-state index >= 15 is 0 Å². The standard InChI is InChI=1S/C39H52O6/c1-25(2)18-32(19-26(3)4)14-16-33-22-39(23-40,45-38(33)42)24-43-37(41)29(7)28(6)36-21-34-20-31(15-17-35(34)44-36)13-12-30-10-8-27(5)9-11-30/h8-11,15-17,20-21,25-26,28-29,32,40H,12-14,18-19,22-24H2,1-7H3/b33-16+/t28-,29-,39+/m0/s1. The molecule has 6 heteroatoms. The number of ether oxygens (including phenoxy) is 2. The van der Waals surface area contributed by atoms with Crippen LogP contribution >= 0.6 is 0 Å². The largest absolute Gasteiger partial charge is 0.461 e. The van der Waals surface area contributed by atoms with Crippen molar-refractivity contribution in [3.05, 3.63) is 82.6 Å². The fraction of sp³-hybridized carbons (Fsp3) is 0.538. The number of carbonyl (C=O) groups is 2. The van der Waals surface area contributed by atoms with Crippen LogP contribution in [0.1, 0.15) is 95.6 Å². The number of benzene rings is 2. The predicted octanol–water partition coefficient (Wildman–Crippen LogP) is 8.51. The monoisotopic (exact) mass is 616 g/mol. The smallest absolute Gasteiger partial charge is 0.334 e. The van der Waals surface area contributed by atoms with E-state index in [0.717, 1.165) is 48.8 Å². The van der Waals surface area contributed by atoms with Crippen molar-refractivity contribution in [2.24, 2.45) is 23.7 Å². The molecule has 1 fully saturated rings. The number of furan rings is 1. The summed E-state index contributed by atoms with van der Waals surface area (Å²) in [5.41, 5.74) is 3.91. The lowest BCUT2D eigenvalue weighted by Crippen LogP contribution is -2.40. The first-order valence-corrected chi connectivity index (χ1v) is 16.7. The third-order valence-corrected chi connectivity index (χ3v) is 9.15. The highest BCUT2D eigenvalue weighted by molar-refractivity contribution is 5.91. The number of hydrogen-bond acceptors (Lipinski definition) is 6. The number of allylic oxidation sites excluding steroid dienone is 1. The van der Waals surface area contributed by atoms with Crippen LogP contribution < -0.4 is 0 Å². The van der Waals surface area contributed by atoms with Gasteiger partial charge in [-0.3, -0.25) is 4.79 Å². The van der Waals surface area contributed by atoms with Crippen molar-refractivity contribution >= 4 is 22.9 Å². The molecule has 0 amide bonds. The normalized spacial score (nSPS) is 19.2. The van der Waals surface area contributed by atoms with Gasteiger partial charge in [0, 0.05) is 23.3 Å². The number of carbonyl (C=O) groups excluding carboxylic acids is 2. The number of aliphatic hydroxyl groups is 1. The molecule has 0 bridgehead atoms. The Balaban J connectivity index is 1.34. The lowest BCUT2D eigenvalue weighted by Gasteiger charge is -2.25. The van der Waals surface area contributed by atoms with E-state index in [-0.39, 0.29) is 18.9 Å². The summed E-state index contributed by atoms with van der Waals surface area (Å²) in [7, 11) is 0. The Morgan fingerprint density at radius 1 is 0.956 bits per heavy atom. The molecule has 2 heterocycles. The molecule has 1 saturated heterocycles. The van der Waals surface area contributed by atoms with Crippen LogP contribution in [0.3, 0.4) is 0 Å². The number of esters is 2. The molecule has 0 spiro atoms. The molecule has 3 atom stereocenters. The lowest BCUT2D eigenvalue weighted by molar-refractivity contribution is -0.168. The molecule has 4 rings (SSSR count). The summed E-state index contributed by atoms with van der Waals surface area (Å²) in [6, 6.07) is 16.9. The summed E-state index contributed by atoms with van der Waals surface area (Å²) in [6.07, 6.45) is 7.08. The van der Waals surface area contributed by atoms with Crippen molar-refractivity contribution < 1.29 is 28.6 Å². The van der Waals surface area contributed by atoms with Gasteiger partial charge in [0.15, 0.2) is 5.60 Å². The third kappa shape index (κ3) is 9.32. The van der Waals surface area contributed by atoms with Gasteiger partial charge in [0.25, 0.3) is 0 Å². The second-order valence-corrected chi connectivity index (χ2v) is 14.2. The molecule has 244 valence electrons. The number of hydrogen-bond donors (Lipinski definition) is 1. The first-order valence-electron chi connectivity index (χ1n) is 16.7. The third-order valence-electron chi connectivity index (χ3n) is 9.15. The SMILES string of the molecule is Cc1ccc(CCc2ccc3oc([C@@H](C)[C@H](C)C(=O)OC[C@]4(CO)C/C(=C\CC(CC(C)C)CC(C)C)C(=O)O4)cc3c2)cc1. The maximum absolute atomic E-state index is 13.2. The van der Waals surface area contributed by atoms with Crippen molar-refractivity contribution in [3.63, 3.8) is 0 Å². The number of fused-ring (bicyclic) bond motifs is 1. The highest BCUT2D eigenvalue weighted by Crippen LogP contribution is 2.35. The maximum Gasteiger partial charge on any atom is 0.334 e. The van der Waals surface area contributed by atoms with Crippen LogP contribution in [0.4, 0.5) is 0 Å². The van der Waals surface area contributed by atoms with E-state index in [1.54, 1.807) is 0 Å². The second kappa shape index (κ2) is 15.3. The average Bonchev–Trinajstić information content (AvgIpc) is 3.57. The van der Waals surface area contributed by atoms with E-state index in [9.17, 15) is 14.7 Å². The zero-order chi connectivity index (χ0) is 32.7. The Morgan fingerprint density at radius 2 is 1.60 bits per heavy atom. The Morgan fingerprint density at radius 3 is 2.24 bits per heavy atom. The molecule has 1 aliphatic heterocycles. The maximum atomic E-state index is 13.2. The van der Waals surface area contributed by atoms with E-state index in [0.29, 0.717) is 23.3 Å². The zero-order valence-corrected chi connectivity index (χ0v) is 28.2. The lowest BCUT2D eigenvalue weighted by atomic mass is 9.86. The molecule has 0 radical (unpaired) electrons. The molecule has 1 aromatic heterocycles. The van der Waals surface area contributed by atoms with E-state index in [4.69, 9.17) is 13.9 Å². The molecule has 3 aromatic rings. The van der Waals surface area contributed by atoms with Crippen molar-refractivity contribution in [2.45, 2.75) is 98.5 Å².